The van der Waals surface area contributed by atoms with Gasteiger partial charge in [0.15, 0.2) is 0 Å². The molecule has 160 valence electrons. The normalized spacial score (nSPS) is 22.5. The van der Waals surface area contributed by atoms with Crippen molar-refractivity contribution in [3.8, 4) is 6.07 Å². The lowest BCUT2D eigenvalue weighted by molar-refractivity contribution is 0.218. The second-order valence-corrected chi connectivity index (χ2v) is 9.08. The summed E-state index contributed by atoms with van der Waals surface area (Å²) < 4.78 is 4.22. The number of pyridine rings is 1. The van der Waals surface area contributed by atoms with Crippen molar-refractivity contribution in [2.75, 3.05) is 30.4 Å². The molecule has 1 aliphatic carbocycles. The summed E-state index contributed by atoms with van der Waals surface area (Å²) in [5, 5.41) is 14.0. The Bertz CT molecular complexity index is 1150. The van der Waals surface area contributed by atoms with Crippen molar-refractivity contribution in [2.24, 2.45) is 11.8 Å². The van der Waals surface area contributed by atoms with E-state index < -0.39 is 0 Å². The van der Waals surface area contributed by atoms with Gasteiger partial charge in [0.25, 0.3) is 0 Å². The maximum absolute atomic E-state index is 12.7. The van der Waals surface area contributed by atoms with E-state index in [1.54, 1.807) is 6.20 Å². The summed E-state index contributed by atoms with van der Waals surface area (Å²) in [4.78, 5) is 28.6. The molecule has 9 nitrogen and oxygen atoms in total. The van der Waals surface area contributed by atoms with E-state index in [0.717, 1.165) is 54.9 Å². The number of urea groups is 1. The van der Waals surface area contributed by atoms with Crippen molar-refractivity contribution in [3.63, 3.8) is 0 Å². The molecule has 31 heavy (non-hydrogen) atoms. The quantitative estimate of drug-likeness (QED) is 0.649. The molecule has 0 aromatic carbocycles. The predicted octanol–water partition coefficient (Wildman–Crippen LogP) is 3.23. The number of aryl methyl sites for hydroxylation is 1. The number of hydrogen-bond acceptors (Lipinski definition) is 7. The lowest BCUT2D eigenvalue weighted by atomic mass is 10.0. The number of hydrogen-bond donors (Lipinski definition) is 2. The molecule has 5 rings (SSSR count). The molecule has 1 saturated carbocycles. The summed E-state index contributed by atoms with van der Waals surface area (Å²) in [7, 11) is 2.07. The largest absolute Gasteiger partial charge is 0.370 e. The lowest BCUT2D eigenvalue weighted by Gasteiger charge is -2.29. The van der Waals surface area contributed by atoms with Crippen molar-refractivity contribution in [3.05, 3.63) is 29.8 Å². The number of carbonyl (C=O) groups excluding carboxylic acids is 1. The van der Waals surface area contributed by atoms with Crippen molar-refractivity contribution < 1.29 is 4.79 Å². The van der Waals surface area contributed by atoms with Crippen molar-refractivity contribution in [2.45, 2.75) is 32.2 Å². The molecule has 2 aliphatic rings. The Kier molecular flexibility index (Phi) is 4.98. The fourth-order valence-electron chi connectivity index (χ4n) is 5.01. The van der Waals surface area contributed by atoms with Gasteiger partial charge in [-0.3, -0.25) is 5.32 Å². The molecule has 0 radical (unpaired) electrons. The van der Waals surface area contributed by atoms with E-state index in [1.165, 1.54) is 11.5 Å². The van der Waals surface area contributed by atoms with E-state index in [4.69, 9.17) is 0 Å². The molecule has 3 aromatic heterocycles. The highest BCUT2D eigenvalue weighted by molar-refractivity contribution is 7.09. The zero-order valence-electron chi connectivity index (χ0n) is 17.5. The first-order valence-electron chi connectivity index (χ1n) is 10.5. The predicted molar refractivity (Wildman–Crippen MR) is 119 cm³/mol. The van der Waals surface area contributed by atoms with Gasteiger partial charge in [-0.2, -0.15) is 9.64 Å². The first-order chi connectivity index (χ1) is 15.1. The summed E-state index contributed by atoms with van der Waals surface area (Å²) >= 11 is 1.23. The second kappa shape index (κ2) is 7.81. The number of aromatic amines is 1. The molecule has 3 aromatic rings. The fourth-order valence-corrected chi connectivity index (χ4v) is 5.65. The van der Waals surface area contributed by atoms with Crippen LogP contribution < -0.4 is 10.2 Å². The van der Waals surface area contributed by atoms with Gasteiger partial charge in [-0.05, 0) is 30.7 Å². The van der Waals surface area contributed by atoms with Crippen LogP contribution in [0.4, 0.5) is 15.6 Å². The number of carbonyl (C=O) groups is 1. The Balaban J connectivity index is 1.26. The molecule has 2 N–H and O–H groups in total. The molecule has 10 heteroatoms. The van der Waals surface area contributed by atoms with Gasteiger partial charge in [0.1, 0.15) is 17.5 Å². The number of anilines is 2. The standard InChI is InChI=1S/C21H24N8OS/c1-3-17-25-20(31-27-17)26-21(30)29-10-12-6-15(7-13(12)11-29)28(2)18-14(8-22)9-24-19-16(18)4-5-23-19/h4-5,9,12-13,15H,3,6-7,10-11H2,1-2H3,(H,23,24)(H,25,26,27,30)/t12-,13?,15?/m1/s1. The van der Waals surface area contributed by atoms with Crippen LogP contribution in [0.1, 0.15) is 31.2 Å². The molecular weight excluding hydrogens is 412 g/mol. The van der Waals surface area contributed by atoms with E-state index in [2.05, 4.69) is 42.7 Å². The Morgan fingerprint density at radius 1 is 1.42 bits per heavy atom. The molecule has 0 spiro atoms. The first kappa shape index (κ1) is 19.8. The van der Waals surface area contributed by atoms with Gasteiger partial charge < -0.3 is 14.8 Å². The SMILES string of the molecule is CCc1nsc(NC(=O)N2CC3CC(N(C)c4c(C#N)cnc5[nH]ccc45)C[C@@H]3C2)n1. The monoisotopic (exact) mass is 436 g/mol. The molecule has 3 atom stereocenters. The van der Waals surface area contributed by atoms with Gasteiger partial charge in [0.2, 0.25) is 5.13 Å². The van der Waals surface area contributed by atoms with E-state index in [-0.39, 0.29) is 6.03 Å². The van der Waals surface area contributed by atoms with Gasteiger partial charge in [-0.25, -0.2) is 14.8 Å². The maximum Gasteiger partial charge on any atom is 0.323 e. The van der Waals surface area contributed by atoms with Crippen LogP contribution in [0.15, 0.2) is 18.5 Å². The topological polar surface area (TPSA) is 114 Å². The highest BCUT2D eigenvalue weighted by atomic mass is 32.1. The number of H-pyrrole nitrogens is 1. The van der Waals surface area contributed by atoms with Gasteiger partial charge in [-0.1, -0.05) is 6.92 Å². The van der Waals surface area contributed by atoms with Crippen LogP contribution in [0.3, 0.4) is 0 Å². The number of likely N-dealkylation sites (tertiary alicyclic amines) is 1. The average molecular weight is 437 g/mol. The van der Waals surface area contributed by atoms with Crippen molar-refractivity contribution in [1.82, 2.24) is 24.2 Å². The van der Waals surface area contributed by atoms with Crippen LogP contribution in [0.2, 0.25) is 0 Å². The van der Waals surface area contributed by atoms with E-state index in [1.807, 2.05) is 24.1 Å². The molecule has 4 heterocycles. The third kappa shape index (κ3) is 3.49. The summed E-state index contributed by atoms with van der Waals surface area (Å²) in [6.45, 7) is 3.50. The smallest absolute Gasteiger partial charge is 0.323 e. The molecule has 2 unspecified atom stereocenters. The highest BCUT2D eigenvalue weighted by Crippen LogP contribution is 2.42. The number of fused-ring (bicyclic) bond motifs is 2. The summed E-state index contributed by atoms with van der Waals surface area (Å²) in [6.07, 6.45) is 6.27. The second-order valence-electron chi connectivity index (χ2n) is 8.33. The van der Waals surface area contributed by atoms with Crippen LogP contribution in [0.25, 0.3) is 11.0 Å². The van der Waals surface area contributed by atoms with Gasteiger partial charge >= 0.3 is 6.03 Å². The molecule has 1 aliphatic heterocycles. The van der Waals surface area contributed by atoms with Gasteiger partial charge in [0.05, 0.1) is 11.3 Å². The molecular formula is C21H24N8OS. The van der Waals surface area contributed by atoms with Gasteiger partial charge in [0, 0.05) is 61.9 Å². The zero-order chi connectivity index (χ0) is 21.5. The number of nitrogens with zero attached hydrogens (tertiary/aromatic N) is 6. The Labute approximate surface area is 184 Å². The number of rotatable bonds is 4. The van der Waals surface area contributed by atoms with Crippen LogP contribution in [-0.2, 0) is 6.42 Å². The lowest BCUT2D eigenvalue weighted by Crippen LogP contribution is -2.36. The van der Waals surface area contributed by atoms with Crippen LogP contribution in [0.5, 0.6) is 0 Å². The summed E-state index contributed by atoms with van der Waals surface area (Å²) in [6, 6.07) is 4.52. The summed E-state index contributed by atoms with van der Waals surface area (Å²) in [5.41, 5.74) is 2.33. The molecule has 2 fully saturated rings. The van der Waals surface area contributed by atoms with Crippen LogP contribution in [0, 0.1) is 23.2 Å². The van der Waals surface area contributed by atoms with Crippen molar-refractivity contribution in [1.29, 1.82) is 5.26 Å². The van der Waals surface area contributed by atoms with E-state index in [9.17, 15) is 10.1 Å². The minimum absolute atomic E-state index is 0.0898. The van der Waals surface area contributed by atoms with E-state index >= 15 is 0 Å². The average Bonchev–Trinajstić information content (AvgIpc) is 3.54. The third-order valence-corrected chi connectivity index (χ3v) is 7.26. The number of aromatic nitrogens is 4. The Hall–Kier alpha value is -3.19. The zero-order valence-corrected chi connectivity index (χ0v) is 18.3. The fraction of sp³-hybridized carbons (Fsp3) is 0.476. The molecule has 0 bridgehead atoms. The van der Waals surface area contributed by atoms with E-state index in [0.29, 0.717) is 28.6 Å². The third-order valence-electron chi connectivity index (χ3n) is 6.59. The minimum atomic E-state index is -0.0898. The highest BCUT2D eigenvalue weighted by Gasteiger charge is 2.44. The number of amides is 2. The Morgan fingerprint density at radius 3 is 2.87 bits per heavy atom. The van der Waals surface area contributed by atoms with Crippen LogP contribution >= 0.6 is 11.5 Å². The van der Waals surface area contributed by atoms with Crippen LogP contribution in [-0.4, -0.2) is 56.4 Å². The molecule has 1 saturated heterocycles. The summed E-state index contributed by atoms with van der Waals surface area (Å²) in [5.74, 6) is 1.69. The number of nitrogens with one attached hydrogen (secondary N) is 2. The number of nitriles is 1. The van der Waals surface area contributed by atoms with Crippen molar-refractivity contribution >= 4 is 39.4 Å². The van der Waals surface area contributed by atoms with Gasteiger partial charge in [-0.15, -0.1) is 0 Å². The first-order valence-corrected chi connectivity index (χ1v) is 11.3. The molecule has 2 amide bonds. The Morgan fingerprint density at radius 2 is 2.19 bits per heavy atom. The maximum atomic E-state index is 12.7. The minimum Gasteiger partial charge on any atom is -0.370 e.